The second kappa shape index (κ2) is 7.27. The summed E-state index contributed by atoms with van der Waals surface area (Å²) in [5.41, 5.74) is 1.56. The normalized spacial score (nSPS) is 10.6. The molecule has 2 aromatic heterocycles. The van der Waals surface area contributed by atoms with Crippen molar-refractivity contribution >= 4 is 17.2 Å². The molecule has 7 heteroatoms. The molecule has 1 amide bonds. The lowest BCUT2D eigenvalue weighted by Gasteiger charge is -2.07. The van der Waals surface area contributed by atoms with Crippen LogP contribution >= 0.6 is 11.3 Å². The molecule has 6 nitrogen and oxygen atoms in total. The first-order valence-electron chi connectivity index (χ1n) is 7.50. The van der Waals surface area contributed by atoms with Gasteiger partial charge < -0.3 is 14.6 Å². The highest BCUT2D eigenvalue weighted by Crippen LogP contribution is 2.14. The number of ether oxygens (including phenoxy) is 1. The molecule has 1 aromatic carbocycles. The first-order chi connectivity index (χ1) is 11.6. The highest BCUT2D eigenvalue weighted by atomic mass is 32.1. The van der Waals surface area contributed by atoms with Crippen molar-refractivity contribution in [3.63, 3.8) is 0 Å². The largest absolute Gasteiger partial charge is 0.486 e. The van der Waals surface area contributed by atoms with Crippen LogP contribution in [0.15, 0.2) is 42.0 Å². The number of aryl methyl sites for hydroxylation is 2. The smallest absolute Gasteiger partial charge is 0.251 e. The first-order valence-corrected chi connectivity index (χ1v) is 8.38. The molecule has 0 radical (unpaired) electrons. The van der Waals surface area contributed by atoms with Crippen molar-refractivity contribution in [3.05, 3.63) is 64.1 Å². The summed E-state index contributed by atoms with van der Waals surface area (Å²) in [6, 6.07) is 7.06. The van der Waals surface area contributed by atoms with Crippen molar-refractivity contribution in [1.82, 2.24) is 19.9 Å². The number of carbonyl (C=O) groups excluding carboxylic acids is 1. The predicted molar refractivity (Wildman–Crippen MR) is 92.0 cm³/mol. The van der Waals surface area contributed by atoms with E-state index in [2.05, 4.69) is 15.3 Å². The third kappa shape index (κ3) is 3.99. The first kappa shape index (κ1) is 16.2. The van der Waals surface area contributed by atoms with Crippen molar-refractivity contribution in [2.75, 3.05) is 0 Å². The maximum Gasteiger partial charge on any atom is 0.251 e. The molecule has 0 aliphatic heterocycles. The molecule has 1 N–H and O–H groups in total. The van der Waals surface area contributed by atoms with Crippen LogP contribution in [0.3, 0.4) is 0 Å². The minimum Gasteiger partial charge on any atom is -0.486 e. The number of nitrogens with one attached hydrogen (secondary N) is 1. The number of hydrogen-bond donors (Lipinski definition) is 1. The average molecular weight is 342 g/mol. The number of carbonyl (C=O) groups is 1. The van der Waals surface area contributed by atoms with Gasteiger partial charge in [0.05, 0.1) is 6.54 Å². The van der Waals surface area contributed by atoms with Crippen LogP contribution in [-0.4, -0.2) is 20.4 Å². The Morgan fingerprint density at radius 2 is 2.12 bits per heavy atom. The van der Waals surface area contributed by atoms with E-state index in [9.17, 15) is 4.79 Å². The highest BCUT2D eigenvalue weighted by molar-refractivity contribution is 7.09. The van der Waals surface area contributed by atoms with Gasteiger partial charge >= 0.3 is 0 Å². The van der Waals surface area contributed by atoms with E-state index in [4.69, 9.17) is 4.74 Å². The van der Waals surface area contributed by atoms with Crippen LogP contribution in [0.5, 0.6) is 5.75 Å². The second-order valence-electron chi connectivity index (χ2n) is 5.33. The molecule has 124 valence electrons. The molecule has 0 spiro atoms. The SMILES string of the molecule is Cc1csc(CNC(=O)c2ccc(OCc3nccn3C)cc2)n1. The Hall–Kier alpha value is -2.67. The summed E-state index contributed by atoms with van der Waals surface area (Å²) in [4.78, 5) is 20.7. The molecular formula is C17H18N4O2S. The van der Waals surface area contributed by atoms with Gasteiger partial charge in [0.15, 0.2) is 0 Å². The fourth-order valence-electron chi connectivity index (χ4n) is 2.13. The monoisotopic (exact) mass is 342 g/mol. The summed E-state index contributed by atoms with van der Waals surface area (Å²) in [7, 11) is 1.92. The van der Waals surface area contributed by atoms with Crippen LogP contribution in [0.1, 0.15) is 26.9 Å². The molecule has 0 aliphatic rings. The lowest BCUT2D eigenvalue weighted by atomic mass is 10.2. The number of aromatic nitrogens is 3. The maximum absolute atomic E-state index is 12.1. The lowest BCUT2D eigenvalue weighted by molar-refractivity contribution is 0.0951. The molecule has 2 heterocycles. The van der Waals surface area contributed by atoms with E-state index in [0.29, 0.717) is 24.5 Å². The number of nitrogens with zero attached hydrogens (tertiary/aromatic N) is 3. The van der Waals surface area contributed by atoms with Gasteiger partial charge in [0.1, 0.15) is 23.2 Å². The molecule has 0 unspecified atom stereocenters. The number of amides is 1. The van der Waals surface area contributed by atoms with Gasteiger partial charge in [-0.1, -0.05) is 0 Å². The Kier molecular flexibility index (Phi) is 4.90. The third-order valence-corrected chi connectivity index (χ3v) is 4.44. The predicted octanol–water partition coefficient (Wildman–Crippen LogP) is 2.69. The Labute approximate surface area is 144 Å². The molecular weight excluding hydrogens is 324 g/mol. The number of hydrogen-bond acceptors (Lipinski definition) is 5. The summed E-state index contributed by atoms with van der Waals surface area (Å²) in [6.45, 7) is 2.76. The van der Waals surface area contributed by atoms with Gasteiger partial charge in [-0.25, -0.2) is 9.97 Å². The number of thiazole rings is 1. The molecule has 0 aliphatic carbocycles. The Morgan fingerprint density at radius 1 is 1.33 bits per heavy atom. The van der Waals surface area contributed by atoms with Gasteiger partial charge in [-0.05, 0) is 31.2 Å². The van der Waals surface area contributed by atoms with E-state index in [-0.39, 0.29) is 5.91 Å². The number of benzene rings is 1. The Morgan fingerprint density at radius 3 is 2.75 bits per heavy atom. The van der Waals surface area contributed by atoms with Crippen LogP contribution in [0.2, 0.25) is 0 Å². The minimum atomic E-state index is -0.126. The van der Waals surface area contributed by atoms with Crippen molar-refractivity contribution in [2.24, 2.45) is 7.05 Å². The zero-order valence-corrected chi connectivity index (χ0v) is 14.3. The van der Waals surface area contributed by atoms with E-state index >= 15 is 0 Å². The quantitative estimate of drug-likeness (QED) is 0.748. The molecule has 0 atom stereocenters. The molecule has 0 saturated carbocycles. The molecule has 24 heavy (non-hydrogen) atoms. The minimum absolute atomic E-state index is 0.126. The lowest BCUT2D eigenvalue weighted by Crippen LogP contribution is -2.22. The van der Waals surface area contributed by atoms with Gasteiger partial charge in [0.2, 0.25) is 0 Å². The van der Waals surface area contributed by atoms with Gasteiger partial charge in [0, 0.05) is 36.1 Å². The number of rotatable bonds is 6. The molecule has 3 aromatic rings. The van der Waals surface area contributed by atoms with Crippen LogP contribution in [0.25, 0.3) is 0 Å². The summed E-state index contributed by atoms with van der Waals surface area (Å²) in [5.74, 6) is 1.42. The van der Waals surface area contributed by atoms with Gasteiger partial charge in [-0.3, -0.25) is 4.79 Å². The second-order valence-corrected chi connectivity index (χ2v) is 6.28. The third-order valence-electron chi connectivity index (χ3n) is 3.47. The van der Waals surface area contributed by atoms with Crippen molar-refractivity contribution in [3.8, 4) is 5.75 Å². The summed E-state index contributed by atoms with van der Waals surface area (Å²) >= 11 is 1.54. The Balaban J connectivity index is 1.53. The zero-order chi connectivity index (χ0) is 16.9. The summed E-state index contributed by atoms with van der Waals surface area (Å²) in [6.07, 6.45) is 3.60. The molecule has 3 rings (SSSR count). The standard InChI is InChI=1S/C17H18N4O2S/c1-12-11-24-16(20-12)9-19-17(22)13-3-5-14(6-4-13)23-10-15-18-7-8-21(15)2/h3-8,11H,9-10H2,1-2H3,(H,19,22). The van der Waals surface area contributed by atoms with Crippen LogP contribution in [0, 0.1) is 6.92 Å². The van der Waals surface area contributed by atoms with E-state index in [0.717, 1.165) is 16.5 Å². The fraction of sp³-hybridized carbons (Fsp3) is 0.235. The highest BCUT2D eigenvalue weighted by Gasteiger charge is 2.07. The maximum atomic E-state index is 12.1. The van der Waals surface area contributed by atoms with Crippen molar-refractivity contribution < 1.29 is 9.53 Å². The van der Waals surface area contributed by atoms with Crippen molar-refractivity contribution in [2.45, 2.75) is 20.1 Å². The van der Waals surface area contributed by atoms with Crippen molar-refractivity contribution in [1.29, 1.82) is 0 Å². The summed E-state index contributed by atoms with van der Waals surface area (Å²) in [5, 5.41) is 5.73. The van der Waals surface area contributed by atoms with E-state index in [1.807, 2.05) is 30.1 Å². The average Bonchev–Trinajstić information content (AvgIpc) is 3.19. The van der Waals surface area contributed by atoms with Gasteiger partial charge in [-0.2, -0.15) is 0 Å². The van der Waals surface area contributed by atoms with Crippen LogP contribution in [-0.2, 0) is 20.2 Å². The Bertz CT molecular complexity index is 823. The fourth-order valence-corrected chi connectivity index (χ4v) is 2.84. The number of imidazole rings is 1. The zero-order valence-electron chi connectivity index (χ0n) is 13.5. The van der Waals surface area contributed by atoms with E-state index in [1.54, 1.807) is 41.8 Å². The topological polar surface area (TPSA) is 69.0 Å². The molecule has 0 fully saturated rings. The van der Waals surface area contributed by atoms with Crippen LogP contribution < -0.4 is 10.1 Å². The van der Waals surface area contributed by atoms with E-state index < -0.39 is 0 Å². The van der Waals surface area contributed by atoms with E-state index in [1.165, 1.54) is 0 Å². The summed E-state index contributed by atoms with van der Waals surface area (Å²) < 4.78 is 7.58. The van der Waals surface area contributed by atoms with Crippen LogP contribution in [0.4, 0.5) is 0 Å². The molecule has 0 bridgehead atoms. The van der Waals surface area contributed by atoms with Gasteiger partial charge in [0.25, 0.3) is 5.91 Å². The van der Waals surface area contributed by atoms with Gasteiger partial charge in [-0.15, -0.1) is 11.3 Å². The molecule has 0 saturated heterocycles.